The van der Waals surface area contributed by atoms with E-state index in [1.807, 2.05) is 30.5 Å². The number of aromatic amines is 1. The van der Waals surface area contributed by atoms with Crippen LogP contribution in [0.4, 0.5) is 0 Å². The number of aromatic nitrogens is 2. The molecular formula is C11H11BN2. The standard InChI is InChI=1S/C11H8N2.BH3/c1-2-5-9-8(4-1)11-10(13-9)6-3-7-12-11;/h1-7,13H;1H3. The third-order valence-electron chi connectivity index (χ3n) is 2.26. The van der Waals surface area contributed by atoms with Crippen LogP contribution in [0.2, 0.25) is 0 Å². The van der Waals surface area contributed by atoms with Crippen molar-refractivity contribution in [3.8, 4) is 0 Å². The lowest BCUT2D eigenvalue weighted by molar-refractivity contribution is 1.42. The van der Waals surface area contributed by atoms with Crippen molar-refractivity contribution in [2.45, 2.75) is 0 Å². The lowest BCUT2D eigenvalue weighted by atomic mass is 10.2. The van der Waals surface area contributed by atoms with Gasteiger partial charge in [-0.15, -0.1) is 0 Å². The van der Waals surface area contributed by atoms with Crippen molar-refractivity contribution in [2.24, 2.45) is 0 Å². The summed E-state index contributed by atoms with van der Waals surface area (Å²) in [5.41, 5.74) is 3.30. The highest BCUT2D eigenvalue weighted by atomic mass is 14.8. The van der Waals surface area contributed by atoms with E-state index in [0.29, 0.717) is 0 Å². The zero-order chi connectivity index (χ0) is 8.67. The first kappa shape index (κ1) is 8.82. The minimum Gasteiger partial charge on any atom is -0.353 e. The van der Waals surface area contributed by atoms with Gasteiger partial charge in [0.05, 0.1) is 19.4 Å². The maximum atomic E-state index is 4.34. The fraction of sp³-hybridized carbons (Fsp3) is 0. The Morgan fingerprint density at radius 2 is 1.71 bits per heavy atom. The monoisotopic (exact) mass is 182 g/mol. The molecule has 1 N–H and O–H groups in total. The van der Waals surface area contributed by atoms with E-state index in [9.17, 15) is 0 Å². The molecular weight excluding hydrogens is 171 g/mol. The average Bonchev–Trinajstić information content (AvgIpc) is 2.56. The van der Waals surface area contributed by atoms with E-state index < -0.39 is 0 Å². The van der Waals surface area contributed by atoms with Crippen LogP contribution >= 0.6 is 0 Å². The van der Waals surface area contributed by atoms with Crippen molar-refractivity contribution < 1.29 is 0 Å². The molecule has 3 aromatic rings. The third kappa shape index (κ3) is 1.09. The highest BCUT2D eigenvalue weighted by Crippen LogP contribution is 2.22. The zero-order valence-electron chi connectivity index (χ0n) is 6.99. The van der Waals surface area contributed by atoms with Crippen LogP contribution in [0.15, 0.2) is 42.6 Å². The number of hydrogen-bond donors (Lipinski definition) is 1. The molecule has 0 unspecified atom stereocenters. The number of hydrogen-bond acceptors (Lipinski definition) is 1. The van der Waals surface area contributed by atoms with Crippen LogP contribution < -0.4 is 0 Å². The number of H-pyrrole nitrogens is 1. The first-order chi connectivity index (χ1) is 6.45. The van der Waals surface area contributed by atoms with Gasteiger partial charge >= 0.3 is 0 Å². The second-order valence-corrected chi connectivity index (χ2v) is 3.07. The lowest BCUT2D eigenvalue weighted by Crippen LogP contribution is -1.70. The van der Waals surface area contributed by atoms with Crippen LogP contribution in [0.25, 0.3) is 21.9 Å². The summed E-state index contributed by atoms with van der Waals surface area (Å²) in [6.07, 6.45) is 1.82. The van der Waals surface area contributed by atoms with Crippen molar-refractivity contribution in [1.82, 2.24) is 9.97 Å². The van der Waals surface area contributed by atoms with Gasteiger partial charge in [-0.3, -0.25) is 4.98 Å². The van der Waals surface area contributed by atoms with Gasteiger partial charge in [0.15, 0.2) is 0 Å². The first-order valence-corrected chi connectivity index (χ1v) is 4.26. The molecule has 0 atom stereocenters. The Bertz CT molecular complexity index is 521. The van der Waals surface area contributed by atoms with Crippen LogP contribution in [-0.2, 0) is 0 Å². The highest BCUT2D eigenvalue weighted by Gasteiger charge is 2.01. The molecule has 0 bridgehead atoms. The molecule has 0 spiro atoms. The second kappa shape index (κ2) is 3.18. The normalized spacial score (nSPS) is 10.3. The minimum atomic E-state index is 0. The molecule has 0 fully saturated rings. The van der Waals surface area contributed by atoms with E-state index in [0.717, 1.165) is 16.6 Å². The number of benzene rings is 1. The van der Waals surface area contributed by atoms with Gasteiger partial charge in [-0.05, 0) is 18.2 Å². The summed E-state index contributed by atoms with van der Waals surface area (Å²) in [6.45, 7) is 0. The van der Waals surface area contributed by atoms with Gasteiger partial charge in [0.1, 0.15) is 0 Å². The molecule has 0 aliphatic heterocycles. The topological polar surface area (TPSA) is 28.7 Å². The van der Waals surface area contributed by atoms with Gasteiger partial charge in [0.25, 0.3) is 0 Å². The SMILES string of the molecule is B.c1ccc2c(c1)[nH]c1cccnc12. The van der Waals surface area contributed by atoms with E-state index in [2.05, 4.69) is 22.1 Å². The predicted octanol–water partition coefficient (Wildman–Crippen LogP) is 1.53. The maximum absolute atomic E-state index is 4.34. The summed E-state index contributed by atoms with van der Waals surface area (Å²) < 4.78 is 0. The molecule has 0 aliphatic rings. The van der Waals surface area contributed by atoms with E-state index in [4.69, 9.17) is 0 Å². The van der Waals surface area contributed by atoms with Crippen molar-refractivity contribution in [2.75, 3.05) is 0 Å². The summed E-state index contributed by atoms with van der Waals surface area (Å²) in [7, 11) is 0. The van der Waals surface area contributed by atoms with Crippen LogP contribution in [0.1, 0.15) is 0 Å². The van der Waals surface area contributed by atoms with Gasteiger partial charge in [-0.1, -0.05) is 18.2 Å². The van der Waals surface area contributed by atoms with Gasteiger partial charge < -0.3 is 4.98 Å². The molecule has 3 rings (SSSR count). The molecule has 2 aromatic heterocycles. The van der Waals surface area contributed by atoms with Crippen molar-refractivity contribution in [1.29, 1.82) is 0 Å². The molecule has 2 nitrogen and oxygen atoms in total. The molecule has 14 heavy (non-hydrogen) atoms. The van der Waals surface area contributed by atoms with Crippen LogP contribution in [-0.4, -0.2) is 18.4 Å². The average molecular weight is 182 g/mol. The minimum absolute atomic E-state index is 0. The summed E-state index contributed by atoms with van der Waals surface area (Å²) in [5.74, 6) is 0. The Hall–Kier alpha value is -1.77. The molecule has 0 aliphatic carbocycles. The molecule has 0 saturated carbocycles. The second-order valence-electron chi connectivity index (χ2n) is 3.07. The maximum Gasteiger partial charge on any atom is 0.0957 e. The Morgan fingerprint density at radius 1 is 0.929 bits per heavy atom. The first-order valence-electron chi connectivity index (χ1n) is 4.26. The smallest absolute Gasteiger partial charge is 0.0957 e. The van der Waals surface area contributed by atoms with Crippen molar-refractivity contribution in [3.63, 3.8) is 0 Å². The van der Waals surface area contributed by atoms with E-state index in [1.54, 1.807) is 0 Å². The Morgan fingerprint density at radius 3 is 2.64 bits per heavy atom. The Labute approximate surface area is 83.5 Å². The highest BCUT2D eigenvalue weighted by molar-refractivity contribution is 6.04. The summed E-state index contributed by atoms with van der Waals surface area (Å²) >= 11 is 0. The largest absolute Gasteiger partial charge is 0.353 e. The molecule has 0 radical (unpaired) electrons. The van der Waals surface area contributed by atoms with Crippen LogP contribution in [0.3, 0.4) is 0 Å². The van der Waals surface area contributed by atoms with Crippen LogP contribution in [0, 0.1) is 0 Å². The van der Waals surface area contributed by atoms with Gasteiger partial charge in [-0.2, -0.15) is 0 Å². The van der Waals surface area contributed by atoms with E-state index >= 15 is 0 Å². The number of para-hydroxylation sites is 1. The van der Waals surface area contributed by atoms with Gasteiger partial charge in [0, 0.05) is 17.1 Å². The summed E-state index contributed by atoms with van der Waals surface area (Å²) in [6, 6.07) is 12.2. The Balaban J connectivity index is 0.000000750. The molecule has 3 heteroatoms. The molecule has 2 heterocycles. The molecule has 0 amide bonds. The van der Waals surface area contributed by atoms with E-state index in [-0.39, 0.29) is 8.41 Å². The molecule has 0 saturated heterocycles. The summed E-state index contributed by atoms with van der Waals surface area (Å²) in [4.78, 5) is 7.65. The van der Waals surface area contributed by atoms with Crippen molar-refractivity contribution >= 4 is 30.3 Å². The van der Waals surface area contributed by atoms with Crippen LogP contribution in [0.5, 0.6) is 0 Å². The Kier molecular flexibility index (Phi) is 2.00. The quantitative estimate of drug-likeness (QED) is 0.524. The third-order valence-corrected chi connectivity index (χ3v) is 2.26. The number of nitrogens with one attached hydrogen (secondary N) is 1. The number of nitrogens with zero attached hydrogens (tertiary/aromatic N) is 1. The zero-order valence-corrected chi connectivity index (χ0v) is 6.99. The number of rotatable bonds is 0. The predicted molar refractivity (Wildman–Crippen MR) is 63.5 cm³/mol. The molecule has 68 valence electrons. The lowest BCUT2D eigenvalue weighted by Gasteiger charge is -1.86. The number of pyridine rings is 1. The van der Waals surface area contributed by atoms with Gasteiger partial charge in [-0.25, -0.2) is 0 Å². The number of fused-ring (bicyclic) bond motifs is 3. The fourth-order valence-corrected chi connectivity index (χ4v) is 1.66. The van der Waals surface area contributed by atoms with Gasteiger partial charge in [0.2, 0.25) is 0 Å². The van der Waals surface area contributed by atoms with Crippen molar-refractivity contribution in [3.05, 3.63) is 42.6 Å². The fourth-order valence-electron chi connectivity index (χ4n) is 1.66. The summed E-state index contributed by atoms with van der Waals surface area (Å²) in [5, 5.41) is 1.19. The van der Waals surface area contributed by atoms with E-state index in [1.165, 1.54) is 5.39 Å². The molecule has 1 aromatic carbocycles.